The predicted octanol–water partition coefficient (Wildman–Crippen LogP) is 5.28. The molecule has 38 heavy (non-hydrogen) atoms. The number of rotatable bonds is 10. The first-order valence-corrected chi connectivity index (χ1v) is 14.6. The third-order valence-electron chi connectivity index (χ3n) is 6.20. The molecule has 0 bridgehead atoms. The van der Waals surface area contributed by atoms with Crippen molar-refractivity contribution < 1.29 is 4.74 Å². The van der Waals surface area contributed by atoms with Gasteiger partial charge in [-0.25, -0.2) is 9.97 Å². The Bertz CT molecular complexity index is 1400. The van der Waals surface area contributed by atoms with Gasteiger partial charge in [0.25, 0.3) is 0 Å². The van der Waals surface area contributed by atoms with Crippen molar-refractivity contribution in [1.82, 2.24) is 25.2 Å². The van der Waals surface area contributed by atoms with Crippen LogP contribution in [0.4, 0.5) is 11.6 Å². The topological polar surface area (TPSA) is 99.0 Å². The Balaban J connectivity index is 1.31. The summed E-state index contributed by atoms with van der Waals surface area (Å²) in [4.78, 5) is 16.9. The standard InChI is InChI=1S/C28H29N7OS2/c1-37-27-23(18-29)25(20-5-3-9-31-19-20)26(38-27)24-8-10-32-28(34-24)33-21-6-2-7-22(17-21)36-16-4-13-35-14-11-30-12-15-35/h2-3,5-10,17,19,30H,4,11-16H2,1H3,(H,32,33,34). The summed E-state index contributed by atoms with van der Waals surface area (Å²) in [5, 5.41) is 16.6. The third kappa shape index (κ3) is 6.31. The van der Waals surface area contributed by atoms with E-state index in [1.807, 2.05) is 48.7 Å². The molecule has 4 aromatic rings. The Morgan fingerprint density at radius 1 is 1.18 bits per heavy atom. The van der Waals surface area contributed by atoms with E-state index >= 15 is 0 Å². The molecule has 5 rings (SSSR count). The number of piperazine rings is 1. The van der Waals surface area contributed by atoms with E-state index in [1.54, 1.807) is 41.7 Å². The number of thioether (sulfide) groups is 1. The second-order valence-corrected chi connectivity index (χ2v) is 10.8. The quantitative estimate of drug-likeness (QED) is 0.204. The van der Waals surface area contributed by atoms with Gasteiger partial charge >= 0.3 is 0 Å². The number of ether oxygens (including phenoxy) is 1. The van der Waals surface area contributed by atoms with Crippen LogP contribution in [0.15, 0.2) is 65.3 Å². The van der Waals surface area contributed by atoms with Crippen molar-refractivity contribution in [1.29, 1.82) is 5.26 Å². The van der Waals surface area contributed by atoms with Crippen molar-refractivity contribution >= 4 is 34.7 Å². The highest BCUT2D eigenvalue weighted by Gasteiger charge is 2.22. The second-order valence-electron chi connectivity index (χ2n) is 8.74. The van der Waals surface area contributed by atoms with Gasteiger partial charge in [0.1, 0.15) is 11.8 Å². The predicted molar refractivity (Wildman–Crippen MR) is 154 cm³/mol. The number of nitrogens with one attached hydrogen (secondary N) is 2. The molecular weight excluding hydrogens is 514 g/mol. The fraction of sp³-hybridized carbons (Fsp3) is 0.286. The van der Waals surface area contributed by atoms with E-state index in [0.717, 1.165) is 76.5 Å². The number of hydrogen-bond acceptors (Lipinski definition) is 10. The molecule has 0 spiro atoms. The van der Waals surface area contributed by atoms with E-state index in [4.69, 9.17) is 9.72 Å². The van der Waals surface area contributed by atoms with Crippen LogP contribution in [0.2, 0.25) is 0 Å². The summed E-state index contributed by atoms with van der Waals surface area (Å²) in [5.74, 6) is 1.29. The molecule has 0 unspecified atom stereocenters. The lowest BCUT2D eigenvalue weighted by Crippen LogP contribution is -2.43. The summed E-state index contributed by atoms with van der Waals surface area (Å²) >= 11 is 3.13. The van der Waals surface area contributed by atoms with Gasteiger partial charge in [-0.2, -0.15) is 5.26 Å². The van der Waals surface area contributed by atoms with E-state index in [-0.39, 0.29) is 0 Å². The van der Waals surface area contributed by atoms with Crippen LogP contribution < -0.4 is 15.4 Å². The molecule has 0 aliphatic carbocycles. The molecule has 4 heterocycles. The minimum absolute atomic E-state index is 0.480. The summed E-state index contributed by atoms with van der Waals surface area (Å²) in [6, 6.07) is 16.0. The Morgan fingerprint density at radius 2 is 2.08 bits per heavy atom. The van der Waals surface area contributed by atoms with Gasteiger partial charge in [0, 0.05) is 74.2 Å². The number of anilines is 2. The summed E-state index contributed by atoms with van der Waals surface area (Å²) in [6.45, 7) is 6.05. The number of hydrogen-bond donors (Lipinski definition) is 2. The molecule has 10 heteroatoms. The number of pyridine rings is 1. The molecule has 0 radical (unpaired) electrons. The van der Waals surface area contributed by atoms with Gasteiger partial charge in [-0.3, -0.25) is 4.98 Å². The van der Waals surface area contributed by atoms with Crippen molar-refractivity contribution in [3.63, 3.8) is 0 Å². The van der Waals surface area contributed by atoms with Crippen molar-refractivity contribution in [2.45, 2.75) is 10.6 Å². The van der Waals surface area contributed by atoms with E-state index < -0.39 is 0 Å². The highest BCUT2D eigenvalue weighted by atomic mass is 32.2. The van der Waals surface area contributed by atoms with Crippen LogP contribution in [0.5, 0.6) is 5.75 Å². The van der Waals surface area contributed by atoms with E-state index in [1.165, 1.54) is 0 Å². The lowest BCUT2D eigenvalue weighted by atomic mass is 10.0. The molecule has 1 aromatic carbocycles. The summed E-state index contributed by atoms with van der Waals surface area (Å²) in [7, 11) is 0. The average Bonchev–Trinajstić information content (AvgIpc) is 3.36. The van der Waals surface area contributed by atoms with Crippen LogP contribution >= 0.6 is 23.1 Å². The van der Waals surface area contributed by atoms with Crippen molar-refractivity contribution in [2.24, 2.45) is 0 Å². The molecule has 1 aliphatic heterocycles. The van der Waals surface area contributed by atoms with Crippen LogP contribution in [-0.4, -0.2) is 65.4 Å². The van der Waals surface area contributed by atoms with Crippen LogP contribution in [0, 0.1) is 11.3 Å². The zero-order valence-corrected chi connectivity index (χ0v) is 22.8. The highest BCUT2D eigenvalue weighted by molar-refractivity contribution is 8.00. The first-order chi connectivity index (χ1) is 18.7. The number of benzene rings is 1. The van der Waals surface area contributed by atoms with Gasteiger partial charge in [0.05, 0.1) is 27.0 Å². The van der Waals surface area contributed by atoms with Gasteiger partial charge in [0.2, 0.25) is 5.95 Å². The number of thiophene rings is 1. The van der Waals surface area contributed by atoms with Gasteiger partial charge < -0.3 is 20.3 Å². The van der Waals surface area contributed by atoms with E-state index in [0.29, 0.717) is 18.1 Å². The van der Waals surface area contributed by atoms with Crippen LogP contribution in [-0.2, 0) is 0 Å². The summed E-state index contributed by atoms with van der Waals surface area (Å²) in [5.41, 5.74) is 4.01. The molecule has 3 aromatic heterocycles. The van der Waals surface area contributed by atoms with Crippen LogP contribution in [0.25, 0.3) is 21.7 Å². The Morgan fingerprint density at radius 3 is 2.87 bits per heavy atom. The lowest BCUT2D eigenvalue weighted by Gasteiger charge is -2.26. The summed E-state index contributed by atoms with van der Waals surface area (Å²) in [6.07, 6.45) is 8.22. The minimum atomic E-state index is 0.480. The zero-order chi connectivity index (χ0) is 26.2. The number of aromatic nitrogens is 3. The average molecular weight is 544 g/mol. The SMILES string of the molecule is CSc1sc(-c2ccnc(Nc3cccc(OCCCN4CCNCC4)c3)n2)c(-c2cccnc2)c1C#N. The number of nitriles is 1. The third-order valence-corrected chi connectivity index (χ3v) is 8.53. The minimum Gasteiger partial charge on any atom is -0.493 e. The second kappa shape index (κ2) is 12.8. The van der Waals surface area contributed by atoms with Gasteiger partial charge in [-0.15, -0.1) is 23.1 Å². The monoisotopic (exact) mass is 543 g/mol. The molecule has 1 fully saturated rings. The van der Waals surface area contributed by atoms with Gasteiger partial charge in [0.15, 0.2) is 0 Å². The smallest absolute Gasteiger partial charge is 0.227 e. The molecule has 0 amide bonds. The lowest BCUT2D eigenvalue weighted by molar-refractivity contribution is 0.214. The molecule has 0 saturated carbocycles. The van der Waals surface area contributed by atoms with E-state index in [2.05, 4.69) is 31.6 Å². The van der Waals surface area contributed by atoms with Crippen LogP contribution in [0.3, 0.4) is 0 Å². The Hall–Kier alpha value is -3.49. The van der Waals surface area contributed by atoms with Crippen molar-refractivity contribution in [3.8, 4) is 33.5 Å². The molecule has 194 valence electrons. The largest absolute Gasteiger partial charge is 0.493 e. The fourth-order valence-electron chi connectivity index (χ4n) is 4.37. The summed E-state index contributed by atoms with van der Waals surface area (Å²) < 4.78 is 6.97. The normalized spacial score (nSPS) is 13.7. The Kier molecular flexibility index (Phi) is 8.83. The molecule has 8 nitrogen and oxygen atoms in total. The first-order valence-electron chi connectivity index (χ1n) is 12.5. The van der Waals surface area contributed by atoms with Gasteiger partial charge in [-0.1, -0.05) is 12.1 Å². The maximum Gasteiger partial charge on any atom is 0.227 e. The van der Waals surface area contributed by atoms with Crippen molar-refractivity contribution in [2.75, 3.05) is 50.9 Å². The van der Waals surface area contributed by atoms with E-state index in [9.17, 15) is 5.26 Å². The molecule has 2 N–H and O–H groups in total. The first kappa shape index (κ1) is 26.1. The zero-order valence-electron chi connectivity index (χ0n) is 21.2. The molecule has 1 saturated heterocycles. The maximum atomic E-state index is 9.93. The van der Waals surface area contributed by atoms with Gasteiger partial charge in [-0.05, 0) is 36.9 Å². The fourth-order valence-corrected chi connectivity index (χ4v) is 6.28. The molecule has 0 atom stereocenters. The molecular formula is C28H29N7OS2. The van der Waals surface area contributed by atoms with Crippen LogP contribution in [0.1, 0.15) is 12.0 Å². The molecule has 1 aliphatic rings. The highest BCUT2D eigenvalue weighted by Crippen LogP contribution is 2.45. The maximum absolute atomic E-state index is 9.93. The number of nitrogens with zero attached hydrogens (tertiary/aromatic N) is 5. The Labute approximate surface area is 231 Å². The van der Waals surface area contributed by atoms with Crippen molar-refractivity contribution in [3.05, 3.63) is 66.6 Å².